The summed E-state index contributed by atoms with van der Waals surface area (Å²) in [6.45, 7) is 2.28. The van der Waals surface area contributed by atoms with E-state index in [9.17, 15) is 5.11 Å². The molecule has 0 aliphatic heterocycles. The van der Waals surface area contributed by atoms with Gasteiger partial charge in [0.15, 0.2) is 0 Å². The van der Waals surface area contributed by atoms with Crippen molar-refractivity contribution < 1.29 is 5.11 Å². The van der Waals surface area contributed by atoms with Gasteiger partial charge in [0, 0.05) is 22.6 Å². The van der Waals surface area contributed by atoms with E-state index in [1.807, 2.05) is 12.1 Å². The monoisotopic (exact) mass is 246 g/mol. The van der Waals surface area contributed by atoms with E-state index in [1.165, 1.54) is 0 Å². The Bertz CT molecular complexity index is 312. The first-order valence-corrected chi connectivity index (χ1v) is 6.00. The minimum absolute atomic E-state index is 0.134. The molecule has 15 heavy (non-hydrogen) atoms. The molecule has 0 aliphatic carbocycles. The highest BCUT2D eigenvalue weighted by molar-refractivity contribution is 6.35. The van der Waals surface area contributed by atoms with Gasteiger partial charge in [0.2, 0.25) is 0 Å². The molecule has 84 valence electrons. The van der Waals surface area contributed by atoms with Crippen LogP contribution in [-0.4, -0.2) is 11.7 Å². The Morgan fingerprint density at radius 3 is 2.60 bits per heavy atom. The van der Waals surface area contributed by atoms with Gasteiger partial charge in [-0.05, 0) is 24.1 Å². The van der Waals surface area contributed by atoms with Gasteiger partial charge in [-0.15, -0.1) is 0 Å². The van der Waals surface area contributed by atoms with Gasteiger partial charge < -0.3 is 5.11 Å². The highest BCUT2D eigenvalue weighted by atomic mass is 35.5. The summed E-state index contributed by atoms with van der Waals surface area (Å²) in [5.41, 5.74) is 0.997. The molecule has 0 saturated carbocycles. The average Bonchev–Trinajstić information content (AvgIpc) is 2.21. The van der Waals surface area contributed by atoms with Gasteiger partial charge >= 0.3 is 0 Å². The van der Waals surface area contributed by atoms with Crippen molar-refractivity contribution in [3.63, 3.8) is 0 Å². The first-order chi connectivity index (χ1) is 7.19. The van der Waals surface area contributed by atoms with Crippen LogP contribution >= 0.6 is 23.2 Å². The number of halogens is 2. The van der Waals surface area contributed by atoms with Gasteiger partial charge in [-0.2, -0.15) is 0 Å². The molecule has 1 aromatic rings. The Morgan fingerprint density at radius 1 is 1.33 bits per heavy atom. The minimum Gasteiger partial charge on any atom is -0.396 e. The second kappa shape index (κ2) is 6.37. The zero-order valence-electron chi connectivity index (χ0n) is 8.84. The van der Waals surface area contributed by atoms with Crippen molar-refractivity contribution in [1.29, 1.82) is 0 Å². The number of rotatable bonds is 5. The van der Waals surface area contributed by atoms with Crippen LogP contribution < -0.4 is 0 Å². The standard InChI is InChI=1S/C12H16Cl2O/c1-2-3-4-9(8-15)11-6-5-10(13)7-12(11)14/h5-7,9,15H,2-4,8H2,1H3. The summed E-state index contributed by atoms with van der Waals surface area (Å²) in [5.74, 6) is 0.134. The Balaban J connectivity index is 2.81. The second-order valence-corrected chi connectivity index (χ2v) is 4.53. The van der Waals surface area contributed by atoms with Gasteiger partial charge in [0.25, 0.3) is 0 Å². The number of hydrogen-bond donors (Lipinski definition) is 1. The minimum atomic E-state index is 0.134. The first kappa shape index (κ1) is 12.8. The summed E-state index contributed by atoms with van der Waals surface area (Å²) in [5, 5.41) is 10.6. The molecule has 0 radical (unpaired) electrons. The number of benzene rings is 1. The third-order valence-corrected chi connectivity index (χ3v) is 3.09. The van der Waals surface area contributed by atoms with Crippen LogP contribution in [-0.2, 0) is 0 Å². The van der Waals surface area contributed by atoms with E-state index in [0.29, 0.717) is 10.0 Å². The van der Waals surface area contributed by atoms with Gasteiger partial charge in [-0.3, -0.25) is 0 Å². The number of hydrogen-bond acceptors (Lipinski definition) is 1. The van der Waals surface area contributed by atoms with E-state index in [1.54, 1.807) is 6.07 Å². The molecule has 0 saturated heterocycles. The molecule has 1 N–H and O–H groups in total. The maximum absolute atomic E-state index is 9.31. The first-order valence-electron chi connectivity index (χ1n) is 5.24. The largest absolute Gasteiger partial charge is 0.396 e. The van der Waals surface area contributed by atoms with Crippen LogP contribution in [0.5, 0.6) is 0 Å². The van der Waals surface area contributed by atoms with E-state index in [0.717, 1.165) is 24.8 Å². The Kier molecular flexibility index (Phi) is 5.44. The SMILES string of the molecule is CCCCC(CO)c1ccc(Cl)cc1Cl. The molecule has 1 unspecified atom stereocenters. The molecule has 0 amide bonds. The fraction of sp³-hybridized carbons (Fsp3) is 0.500. The summed E-state index contributed by atoms with van der Waals surface area (Å²) >= 11 is 11.9. The van der Waals surface area contributed by atoms with Crippen molar-refractivity contribution >= 4 is 23.2 Å². The molecule has 0 aromatic heterocycles. The van der Waals surface area contributed by atoms with Crippen LogP contribution in [0.1, 0.15) is 37.7 Å². The van der Waals surface area contributed by atoms with Crippen LogP contribution in [0.15, 0.2) is 18.2 Å². The molecule has 0 aliphatic rings. The Morgan fingerprint density at radius 2 is 2.07 bits per heavy atom. The summed E-state index contributed by atoms with van der Waals surface area (Å²) in [4.78, 5) is 0. The van der Waals surface area contributed by atoms with E-state index in [-0.39, 0.29) is 12.5 Å². The fourth-order valence-electron chi connectivity index (χ4n) is 1.63. The summed E-state index contributed by atoms with van der Waals surface area (Å²) in [6, 6.07) is 5.45. The van der Waals surface area contributed by atoms with E-state index in [2.05, 4.69) is 6.92 Å². The van der Waals surface area contributed by atoms with E-state index in [4.69, 9.17) is 23.2 Å². The molecule has 1 rings (SSSR count). The molecule has 1 nitrogen and oxygen atoms in total. The number of aliphatic hydroxyl groups excluding tert-OH is 1. The predicted octanol–water partition coefficient (Wildman–Crippen LogP) is 4.26. The quantitative estimate of drug-likeness (QED) is 0.824. The maximum Gasteiger partial charge on any atom is 0.0500 e. The van der Waals surface area contributed by atoms with Crippen molar-refractivity contribution in [2.24, 2.45) is 0 Å². The van der Waals surface area contributed by atoms with Gasteiger partial charge in [0.05, 0.1) is 0 Å². The third kappa shape index (κ3) is 3.67. The molecular weight excluding hydrogens is 231 g/mol. The van der Waals surface area contributed by atoms with E-state index >= 15 is 0 Å². The zero-order valence-corrected chi connectivity index (χ0v) is 10.4. The maximum atomic E-state index is 9.31. The molecule has 3 heteroatoms. The lowest BCUT2D eigenvalue weighted by molar-refractivity contribution is 0.257. The van der Waals surface area contributed by atoms with Crippen LogP contribution in [0.2, 0.25) is 10.0 Å². The summed E-state index contributed by atoms with van der Waals surface area (Å²) in [6.07, 6.45) is 3.19. The van der Waals surface area contributed by atoms with Gasteiger partial charge in [-0.25, -0.2) is 0 Å². The van der Waals surface area contributed by atoms with Gasteiger partial charge in [0.1, 0.15) is 0 Å². The molecule has 0 heterocycles. The molecule has 0 fully saturated rings. The van der Waals surface area contributed by atoms with Crippen molar-refractivity contribution in [1.82, 2.24) is 0 Å². The molecule has 0 spiro atoms. The lowest BCUT2D eigenvalue weighted by Crippen LogP contribution is -2.04. The predicted molar refractivity (Wildman–Crippen MR) is 65.8 cm³/mol. The zero-order chi connectivity index (χ0) is 11.3. The third-order valence-electron chi connectivity index (χ3n) is 2.53. The molecule has 1 atom stereocenters. The van der Waals surface area contributed by atoms with Crippen LogP contribution in [0.4, 0.5) is 0 Å². The number of aliphatic hydroxyl groups is 1. The average molecular weight is 247 g/mol. The number of unbranched alkanes of at least 4 members (excludes halogenated alkanes) is 1. The summed E-state index contributed by atoms with van der Waals surface area (Å²) < 4.78 is 0. The van der Waals surface area contributed by atoms with Crippen molar-refractivity contribution in [3.05, 3.63) is 33.8 Å². The smallest absolute Gasteiger partial charge is 0.0500 e. The molecule has 0 bridgehead atoms. The fourth-order valence-corrected chi connectivity index (χ4v) is 2.19. The lowest BCUT2D eigenvalue weighted by atomic mass is 9.94. The van der Waals surface area contributed by atoms with Crippen LogP contribution in [0.3, 0.4) is 0 Å². The second-order valence-electron chi connectivity index (χ2n) is 3.69. The van der Waals surface area contributed by atoms with Crippen LogP contribution in [0.25, 0.3) is 0 Å². The normalized spacial score (nSPS) is 12.8. The van der Waals surface area contributed by atoms with Crippen molar-refractivity contribution in [3.8, 4) is 0 Å². The topological polar surface area (TPSA) is 20.2 Å². The van der Waals surface area contributed by atoms with Gasteiger partial charge in [-0.1, -0.05) is 49.0 Å². The Hall–Kier alpha value is -0.240. The highest BCUT2D eigenvalue weighted by Crippen LogP contribution is 2.30. The summed E-state index contributed by atoms with van der Waals surface area (Å²) in [7, 11) is 0. The van der Waals surface area contributed by atoms with Crippen LogP contribution in [0, 0.1) is 0 Å². The highest BCUT2D eigenvalue weighted by Gasteiger charge is 2.13. The lowest BCUT2D eigenvalue weighted by Gasteiger charge is -2.15. The van der Waals surface area contributed by atoms with E-state index < -0.39 is 0 Å². The molecular formula is C12H16Cl2O. The molecule has 1 aromatic carbocycles. The van der Waals surface area contributed by atoms with Crippen molar-refractivity contribution in [2.75, 3.05) is 6.61 Å². The Labute approximate surface area is 101 Å². The van der Waals surface area contributed by atoms with Crippen molar-refractivity contribution in [2.45, 2.75) is 32.1 Å².